The highest BCUT2D eigenvalue weighted by Crippen LogP contribution is 2.35. The standard InChI is InChI=1S/C16H22N2O2S/c1-12-6-11-21-13(12)14(19)18-10-7-16(18,2)15(20)17-8-4-3-5-9-17/h6,11H,3-5,7-10H2,1-2H3. The number of amides is 2. The number of aryl methyl sites for hydroxylation is 1. The number of nitrogens with zero attached hydrogens (tertiary/aromatic N) is 2. The molecule has 0 spiro atoms. The second-order valence-electron chi connectivity index (χ2n) is 6.27. The molecule has 2 aliphatic rings. The first-order chi connectivity index (χ1) is 10.0. The maximum atomic E-state index is 12.8. The van der Waals surface area contributed by atoms with E-state index in [0.717, 1.165) is 42.8 Å². The SMILES string of the molecule is Cc1ccsc1C(=O)N1CCC1(C)C(=O)N1CCCCC1. The zero-order valence-electron chi connectivity index (χ0n) is 12.7. The van der Waals surface area contributed by atoms with Gasteiger partial charge in [-0.1, -0.05) is 0 Å². The highest BCUT2D eigenvalue weighted by Gasteiger charge is 2.51. The normalized spacial score (nSPS) is 25.6. The Bertz CT molecular complexity index is 562. The van der Waals surface area contributed by atoms with Crippen LogP contribution < -0.4 is 0 Å². The second-order valence-corrected chi connectivity index (χ2v) is 7.18. The number of rotatable bonds is 2. The molecule has 3 heterocycles. The summed E-state index contributed by atoms with van der Waals surface area (Å²) in [5.74, 6) is 0.151. The average molecular weight is 306 g/mol. The number of hydrogen-bond acceptors (Lipinski definition) is 3. The lowest BCUT2D eigenvalue weighted by Crippen LogP contribution is -2.68. The largest absolute Gasteiger partial charge is 0.341 e. The Labute approximate surface area is 129 Å². The Balaban J connectivity index is 1.77. The van der Waals surface area contributed by atoms with Crippen LogP contribution in [0.3, 0.4) is 0 Å². The lowest BCUT2D eigenvalue weighted by molar-refractivity contribution is -0.149. The van der Waals surface area contributed by atoms with Crippen LogP contribution in [0.2, 0.25) is 0 Å². The third-order valence-corrected chi connectivity index (χ3v) is 5.83. The van der Waals surface area contributed by atoms with E-state index in [9.17, 15) is 9.59 Å². The van der Waals surface area contributed by atoms with Crippen LogP contribution >= 0.6 is 11.3 Å². The van der Waals surface area contributed by atoms with Gasteiger partial charge in [-0.25, -0.2) is 0 Å². The predicted octanol–water partition coefficient (Wildman–Crippen LogP) is 2.67. The van der Waals surface area contributed by atoms with Crippen LogP contribution in [0.15, 0.2) is 11.4 Å². The summed E-state index contributed by atoms with van der Waals surface area (Å²) < 4.78 is 0. The molecule has 0 bridgehead atoms. The smallest absolute Gasteiger partial charge is 0.265 e. The van der Waals surface area contributed by atoms with Gasteiger partial charge in [-0.3, -0.25) is 9.59 Å². The Hall–Kier alpha value is -1.36. The van der Waals surface area contributed by atoms with E-state index in [1.807, 2.05) is 30.2 Å². The number of piperidine rings is 1. The molecule has 5 heteroatoms. The molecule has 0 N–H and O–H groups in total. The Kier molecular flexibility index (Phi) is 3.78. The third-order valence-electron chi connectivity index (χ3n) is 4.82. The van der Waals surface area contributed by atoms with Crippen molar-refractivity contribution in [3.63, 3.8) is 0 Å². The van der Waals surface area contributed by atoms with Gasteiger partial charge >= 0.3 is 0 Å². The molecule has 0 aliphatic carbocycles. The maximum Gasteiger partial charge on any atom is 0.265 e. The van der Waals surface area contributed by atoms with E-state index in [0.29, 0.717) is 6.54 Å². The van der Waals surface area contributed by atoms with E-state index in [4.69, 9.17) is 0 Å². The molecule has 1 aromatic rings. The van der Waals surface area contributed by atoms with Crippen LogP contribution in [0.25, 0.3) is 0 Å². The highest BCUT2D eigenvalue weighted by molar-refractivity contribution is 7.12. The molecule has 1 unspecified atom stereocenters. The summed E-state index contributed by atoms with van der Waals surface area (Å²) in [6.45, 7) is 6.25. The van der Waals surface area contributed by atoms with Gasteiger partial charge in [0.1, 0.15) is 5.54 Å². The van der Waals surface area contributed by atoms with Gasteiger partial charge in [-0.15, -0.1) is 11.3 Å². The van der Waals surface area contributed by atoms with Gasteiger partial charge in [0.05, 0.1) is 4.88 Å². The summed E-state index contributed by atoms with van der Waals surface area (Å²) in [5.41, 5.74) is 0.370. The van der Waals surface area contributed by atoms with E-state index in [2.05, 4.69) is 0 Å². The summed E-state index contributed by atoms with van der Waals surface area (Å²) in [7, 11) is 0. The van der Waals surface area contributed by atoms with E-state index in [1.165, 1.54) is 17.8 Å². The van der Waals surface area contributed by atoms with Crippen LogP contribution in [0.4, 0.5) is 0 Å². The van der Waals surface area contributed by atoms with Crippen molar-refractivity contribution in [3.8, 4) is 0 Å². The third kappa shape index (κ3) is 2.37. The van der Waals surface area contributed by atoms with Crippen molar-refractivity contribution in [1.29, 1.82) is 0 Å². The molecule has 21 heavy (non-hydrogen) atoms. The van der Waals surface area contributed by atoms with Crippen molar-refractivity contribution >= 4 is 23.2 Å². The summed E-state index contributed by atoms with van der Waals surface area (Å²) in [5, 5.41) is 1.94. The van der Waals surface area contributed by atoms with Gasteiger partial charge in [0.15, 0.2) is 0 Å². The number of hydrogen-bond donors (Lipinski definition) is 0. The number of carbonyl (C=O) groups is 2. The molecule has 0 saturated carbocycles. The molecule has 114 valence electrons. The van der Waals surface area contributed by atoms with Crippen molar-refractivity contribution in [2.24, 2.45) is 0 Å². The van der Waals surface area contributed by atoms with Gasteiger partial charge in [0.25, 0.3) is 5.91 Å². The van der Waals surface area contributed by atoms with E-state index < -0.39 is 5.54 Å². The fourth-order valence-electron chi connectivity index (χ4n) is 3.26. The molecular weight excluding hydrogens is 284 g/mol. The summed E-state index contributed by atoms with van der Waals surface area (Å²) in [6.07, 6.45) is 4.15. The topological polar surface area (TPSA) is 40.6 Å². The molecule has 3 rings (SSSR count). The fraction of sp³-hybridized carbons (Fsp3) is 0.625. The van der Waals surface area contributed by atoms with Gasteiger partial charge < -0.3 is 9.80 Å². The van der Waals surface area contributed by atoms with Crippen molar-refractivity contribution < 1.29 is 9.59 Å². The van der Waals surface area contributed by atoms with Gasteiger partial charge in [0.2, 0.25) is 5.91 Å². The lowest BCUT2D eigenvalue weighted by Gasteiger charge is -2.51. The van der Waals surface area contributed by atoms with Crippen molar-refractivity contribution in [2.75, 3.05) is 19.6 Å². The fourth-order valence-corrected chi connectivity index (χ4v) is 4.13. The zero-order chi connectivity index (χ0) is 15.0. The monoisotopic (exact) mass is 306 g/mol. The number of carbonyl (C=O) groups excluding carboxylic acids is 2. The molecule has 2 aliphatic heterocycles. The minimum atomic E-state index is -0.634. The number of thiophene rings is 1. The zero-order valence-corrected chi connectivity index (χ0v) is 13.5. The molecule has 0 radical (unpaired) electrons. The average Bonchev–Trinajstić information content (AvgIpc) is 2.91. The Morgan fingerprint density at radius 2 is 1.90 bits per heavy atom. The molecular formula is C16H22N2O2S. The molecule has 2 saturated heterocycles. The molecule has 2 amide bonds. The summed E-state index contributed by atoms with van der Waals surface area (Å²) in [6, 6.07) is 1.96. The van der Waals surface area contributed by atoms with Crippen molar-refractivity contribution in [3.05, 3.63) is 21.9 Å². The van der Waals surface area contributed by atoms with E-state index in [1.54, 1.807) is 4.90 Å². The molecule has 0 aromatic carbocycles. The second kappa shape index (κ2) is 5.44. The molecule has 1 atom stereocenters. The summed E-state index contributed by atoms with van der Waals surface area (Å²) >= 11 is 1.47. The number of likely N-dealkylation sites (tertiary alicyclic amines) is 2. The maximum absolute atomic E-state index is 12.8. The minimum Gasteiger partial charge on any atom is -0.341 e. The van der Waals surface area contributed by atoms with Crippen LogP contribution in [0.5, 0.6) is 0 Å². The molecule has 1 aromatic heterocycles. The van der Waals surface area contributed by atoms with Crippen LogP contribution in [-0.2, 0) is 4.79 Å². The highest BCUT2D eigenvalue weighted by atomic mass is 32.1. The van der Waals surface area contributed by atoms with Crippen LogP contribution in [0, 0.1) is 6.92 Å². The molecule has 4 nitrogen and oxygen atoms in total. The summed E-state index contributed by atoms with van der Waals surface area (Å²) in [4.78, 5) is 30.0. The first-order valence-electron chi connectivity index (χ1n) is 7.69. The van der Waals surface area contributed by atoms with Crippen molar-refractivity contribution in [1.82, 2.24) is 9.80 Å². The van der Waals surface area contributed by atoms with E-state index in [-0.39, 0.29) is 11.8 Å². The van der Waals surface area contributed by atoms with Crippen LogP contribution in [0.1, 0.15) is 47.8 Å². The first-order valence-corrected chi connectivity index (χ1v) is 8.57. The minimum absolute atomic E-state index is 0.0154. The van der Waals surface area contributed by atoms with Crippen molar-refractivity contribution in [2.45, 2.75) is 45.1 Å². The van der Waals surface area contributed by atoms with E-state index >= 15 is 0 Å². The quantitative estimate of drug-likeness (QED) is 0.843. The Morgan fingerprint density at radius 3 is 2.43 bits per heavy atom. The lowest BCUT2D eigenvalue weighted by atomic mass is 9.84. The van der Waals surface area contributed by atoms with Crippen LogP contribution in [-0.4, -0.2) is 46.8 Å². The molecule has 2 fully saturated rings. The van der Waals surface area contributed by atoms with Gasteiger partial charge in [-0.05, 0) is 56.5 Å². The first kappa shape index (κ1) is 14.6. The van der Waals surface area contributed by atoms with Gasteiger partial charge in [-0.2, -0.15) is 0 Å². The predicted molar refractivity (Wildman–Crippen MR) is 83.5 cm³/mol. The Morgan fingerprint density at radius 1 is 1.19 bits per heavy atom. The van der Waals surface area contributed by atoms with Gasteiger partial charge in [0, 0.05) is 19.6 Å².